The van der Waals surface area contributed by atoms with Crippen LogP contribution >= 0.6 is 0 Å². The molecule has 0 aliphatic heterocycles. The first-order valence-electron chi connectivity index (χ1n) is 8.83. The second-order valence-electron chi connectivity index (χ2n) is 6.82. The number of rotatable bonds is 8. The normalized spacial score (nSPS) is 12.2. The number of nitrogens with zero attached hydrogens (tertiary/aromatic N) is 1. The van der Waals surface area contributed by atoms with Crippen molar-refractivity contribution in [3.05, 3.63) is 53.0 Å². The predicted octanol–water partition coefficient (Wildman–Crippen LogP) is 3.46. The second kappa shape index (κ2) is 9.00. The first-order valence-corrected chi connectivity index (χ1v) is 10.3. The van der Waals surface area contributed by atoms with E-state index in [-0.39, 0.29) is 23.7 Å². The van der Waals surface area contributed by atoms with E-state index in [2.05, 4.69) is 4.72 Å². The lowest BCUT2D eigenvalue weighted by Crippen LogP contribution is -2.40. The monoisotopic (exact) mass is 432 g/mol. The summed E-state index contributed by atoms with van der Waals surface area (Å²) in [6, 6.07) is 6.41. The van der Waals surface area contributed by atoms with Gasteiger partial charge in [-0.2, -0.15) is 13.2 Å². The van der Waals surface area contributed by atoms with E-state index in [1.807, 2.05) is 6.92 Å². The lowest BCUT2D eigenvalue weighted by atomic mass is 10.1. The van der Waals surface area contributed by atoms with Crippen molar-refractivity contribution < 1.29 is 30.8 Å². The molecule has 0 unspecified atom stereocenters. The minimum Gasteiger partial charge on any atom is -0.467 e. The summed E-state index contributed by atoms with van der Waals surface area (Å²) >= 11 is 0. The van der Waals surface area contributed by atoms with Crippen molar-refractivity contribution in [3.8, 4) is 0 Å². The van der Waals surface area contributed by atoms with Gasteiger partial charge in [0.2, 0.25) is 15.9 Å². The second-order valence-corrected chi connectivity index (χ2v) is 8.52. The number of amides is 1. The number of carbonyl (C=O) groups excluding carboxylic acids is 1. The quantitative estimate of drug-likeness (QED) is 0.693. The van der Waals surface area contributed by atoms with E-state index in [1.54, 1.807) is 26.0 Å². The van der Waals surface area contributed by atoms with E-state index in [0.29, 0.717) is 16.0 Å². The SMILES string of the molecule is Cc1cc(C)c(S(=O)(=O)NCCC(=O)N(Cc2ccco2)CC(F)(F)F)c(C)c1. The molecular weight excluding hydrogens is 409 g/mol. The van der Waals surface area contributed by atoms with E-state index in [0.717, 1.165) is 5.56 Å². The van der Waals surface area contributed by atoms with Gasteiger partial charge < -0.3 is 9.32 Å². The fraction of sp³-hybridized carbons (Fsp3) is 0.421. The molecule has 2 aromatic rings. The topological polar surface area (TPSA) is 79.6 Å². The number of nitrogens with one attached hydrogen (secondary N) is 1. The zero-order valence-corrected chi connectivity index (χ0v) is 17.2. The number of alkyl halides is 3. The van der Waals surface area contributed by atoms with Crippen LogP contribution in [0.3, 0.4) is 0 Å². The molecule has 1 aromatic heterocycles. The van der Waals surface area contributed by atoms with Crippen LogP contribution in [-0.2, 0) is 21.4 Å². The molecule has 0 aliphatic carbocycles. The van der Waals surface area contributed by atoms with Crippen molar-refractivity contribution in [1.82, 2.24) is 9.62 Å². The van der Waals surface area contributed by atoms with E-state index < -0.39 is 35.1 Å². The van der Waals surface area contributed by atoms with Crippen LogP contribution in [0.25, 0.3) is 0 Å². The Morgan fingerprint density at radius 3 is 2.31 bits per heavy atom. The Morgan fingerprint density at radius 2 is 1.79 bits per heavy atom. The van der Waals surface area contributed by atoms with Gasteiger partial charge in [0.1, 0.15) is 12.3 Å². The average molecular weight is 432 g/mol. The third-order valence-electron chi connectivity index (χ3n) is 4.15. The van der Waals surface area contributed by atoms with E-state index in [1.165, 1.54) is 18.4 Å². The smallest absolute Gasteiger partial charge is 0.406 e. The Morgan fingerprint density at radius 1 is 1.17 bits per heavy atom. The molecule has 1 amide bonds. The van der Waals surface area contributed by atoms with Gasteiger partial charge in [0.25, 0.3) is 0 Å². The molecule has 0 fully saturated rings. The zero-order valence-electron chi connectivity index (χ0n) is 16.3. The van der Waals surface area contributed by atoms with Gasteiger partial charge in [0, 0.05) is 13.0 Å². The molecule has 0 atom stereocenters. The highest BCUT2D eigenvalue weighted by Crippen LogP contribution is 2.22. The number of benzene rings is 1. The van der Waals surface area contributed by atoms with E-state index in [4.69, 9.17) is 4.42 Å². The van der Waals surface area contributed by atoms with Crippen LogP contribution in [0.4, 0.5) is 13.2 Å². The summed E-state index contributed by atoms with van der Waals surface area (Å²) in [5, 5.41) is 0. The molecule has 1 aromatic carbocycles. The van der Waals surface area contributed by atoms with Crippen molar-refractivity contribution in [2.24, 2.45) is 0 Å². The highest BCUT2D eigenvalue weighted by Gasteiger charge is 2.33. The molecule has 29 heavy (non-hydrogen) atoms. The van der Waals surface area contributed by atoms with Crippen LogP contribution in [0.5, 0.6) is 0 Å². The average Bonchev–Trinajstić information content (AvgIpc) is 3.04. The number of carbonyl (C=O) groups is 1. The summed E-state index contributed by atoms with van der Waals surface area (Å²) in [4.78, 5) is 13.0. The third kappa shape index (κ3) is 6.60. The van der Waals surface area contributed by atoms with Gasteiger partial charge in [-0.05, 0) is 44.0 Å². The maximum absolute atomic E-state index is 12.8. The summed E-state index contributed by atoms with van der Waals surface area (Å²) in [6.07, 6.45) is -3.70. The minimum absolute atomic E-state index is 0.110. The van der Waals surface area contributed by atoms with E-state index >= 15 is 0 Å². The minimum atomic E-state index is -4.59. The summed E-state index contributed by atoms with van der Waals surface area (Å²) in [5.74, 6) is -0.632. The maximum atomic E-state index is 12.8. The van der Waals surface area contributed by atoms with Crippen LogP contribution in [0, 0.1) is 20.8 Å². The van der Waals surface area contributed by atoms with Crippen LogP contribution in [-0.4, -0.2) is 38.5 Å². The van der Waals surface area contributed by atoms with Crippen molar-refractivity contribution >= 4 is 15.9 Å². The maximum Gasteiger partial charge on any atom is 0.406 e. The van der Waals surface area contributed by atoms with Crippen molar-refractivity contribution in [2.45, 2.75) is 44.8 Å². The summed E-state index contributed by atoms with van der Waals surface area (Å²) in [7, 11) is -3.91. The number of hydrogen-bond donors (Lipinski definition) is 1. The van der Waals surface area contributed by atoms with Crippen LogP contribution in [0.15, 0.2) is 39.8 Å². The van der Waals surface area contributed by atoms with Gasteiger partial charge in [-0.15, -0.1) is 0 Å². The molecule has 0 radical (unpaired) electrons. The molecule has 0 bridgehead atoms. The van der Waals surface area contributed by atoms with Gasteiger partial charge in [-0.1, -0.05) is 17.7 Å². The summed E-state index contributed by atoms with van der Waals surface area (Å²) < 4.78 is 70.9. The Bertz CT molecular complexity index is 931. The van der Waals surface area contributed by atoms with Crippen LogP contribution in [0.1, 0.15) is 28.9 Å². The highest BCUT2D eigenvalue weighted by atomic mass is 32.2. The Balaban J connectivity index is 2.05. The lowest BCUT2D eigenvalue weighted by molar-refractivity contribution is -0.162. The molecule has 160 valence electrons. The van der Waals surface area contributed by atoms with Crippen molar-refractivity contribution in [2.75, 3.05) is 13.1 Å². The highest BCUT2D eigenvalue weighted by molar-refractivity contribution is 7.89. The number of sulfonamides is 1. The standard InChI is InChI=1S/C19H23F3N2O4S/c1-13-9-14(2)18(15(3)10-13)29(26,27)23-7-6-17(25)24(12-19(20,21)22)11-16-5-4-8-28-16/h4-5,8-10,23H,6-7,11-12H2,1-3H3. The number of hydrogen-bond acceptors (Lipinski definition) is 4. The molecule has 0 aliphatic rings. The Kier molecular flexibility index (Phi) is 7.12. The molecule has 1 heterocycles. The molecule has 0 saturated carbocycles. The number of halogens is 3. The van der Waals surface area contributed by atoms with Crippen LogP contribution in [0.2, 0.25) is 0 Å². The van der Waals surface area contributed by atoms with Crippen molar-refractivity contribution in [1.29, 1.82) is 0 Å². The van der Waals surface area contributed by atoms with Gasteiger partial charge >= 0.3 is 6.18 Å². The van der Waals surface area contributed by atoms with Gasteiger partial charge in [-0.3, -0.25) is 4.79 Å². The number of furan rings is 1. The fourth-order valence-electron chi connectivity index (χ4n) is 3.15. The Labute approximate surface area is 167 Å². The molecule has 0 spiro atoms. The first-order chi connectivity index (χ1) is 13.4. The molecule has 2 rings (SSSR count). The van der Waals surface area contributed by atoms with Crippen LogP contribution < -0.4 is 4.72 Å². The van der Waals surface area contributed by atoms with Gasteiger partial charge in [0.15, 0.2) is 0 Å². The van der Waals surface area contributed by atoms with Gasteiger partial charge in [0.05, 0.1) is 17.7 Å². The number of aryl methyl sites for hydroxylation is 3. The molecule has 0 saturated heterocycles. The van der Waals surface area contributed by atoms with Crippen molar-refractivity contribution in [3.63, 3.8) is 0 Å². The summed E-state index contributed by atoms with van der Waals surface area (Å²) in [5.41, 5.74) is 2.02. The lowest BCUT2D eigenvalue weighted by Gasteiger charge is -2.23. The molecule has 10 heteroatoms. The third-order valence-corrected chi connectivity index (χ3v) is 5.92. The molecule has 6 nitrogen and oxygen atoms in total. The Hall–Kier alpha value is -2.33. The van der Waals surface area contributed by atoms with Gasteiger partial charge in [-0.25, -0.2) is 13.1 Å². The molecule has 1 N–H and O–H groups in total. The summed E-state index contributed by atoms with van der Waals surface area (Å²) in [6.45, 7) is 3.04. The zero-order chi connectivity index (χ0) is 21.8. The fourth-order valence-corrected chi connectivity index (χ4v) is 4.63. The predicted molar refractivity (Wildman–Crippen MR) is 101 cm³/mol. The van der Waals surface area contributed by atoms with E-state index in [9.17, 15) is 26.4 Å². The largest absolute Gasteiger partial charge is 0.467 e. The molecular formula is C19H23F3N2O4S. The first kappa shape index (κ1) is 23.0.